The summed E-state index contributed by atoms with van der Waals surface area (Å²) >= 11 is 0. The van der Waals surface area contributed by atoms with E-state index in [9.17, 15) is 13.2 Å². The number of amides is 1. The zero-order valence-corrected chi connectivity index (χ0v) is 20.8. The molecule has 0 radical (unpaired) electrons. The number of benzene rings is 3. The van der Waals surface area contributed by atoms with Crippen molar-refractivity contribution in [2.24, 2.45) is 0 Å². The van der Waals surface area contributed by atoms with Crippen molar-refractivity contribution in [2.75, 3.05) is 25.1 Å². The number of aryl methyl sites for hydroxylation is 2. The number of nitrogens with one attached hydrogen (secondary N) is 1. The molecule has 0 aromatic heterocycles. The fraction of sp³-hybridized carbons (Fsp3) is 0.296. The standard InChI is InChI=1S/C27H30N2O5S/c1-33-25-15-11-21(18-26(25)34-2)19-28-27(30)16-12-20-9-13-23(14-10-20)35(31,32)29-17-5-7-22-6-3-4-8-24(22)29/h3-4,6,8-11,13-15,18H,5,7,12,16-17,19H2,1-2H3,(H,28,30). The number of hydrogen-bond donors (Lipinski definition) is 1. The third-order valence-electron chi connectivity index (χ3n) is 6.16. The summed E-state index contributed by atoms with van der Waals surface area (Å²) in [7, 11) is -0.490. The zero-order chi connectivity index (χ0) is 24.8. The lowest BCUT2D eigenvalue weighted by molar-refractivity contribution is -0.121. The van der Waals surface area contributed by atoms with Gasteiger partial charge in [-0.15, -0.1) is 0 Å². The highest BCUT2D eigenvalue weighted by molar-refractivity contribution is 7.92. The van der Waals surface area contributed by atoms with Crippen molar-refractivity contribution in [2.45, 2.75) is 37.1 Å². The van der Waals surface area contributed by atoms with Crippen LogP contribution in [0.4, 0.5) is 5.69 Å². The number of sulfonamides is 1. The molecule has 4 rings (SSSR count). The first-order chi connectivity index (χ1) is 16.9. The third-order valence-corrected chi connectivity index (χ3v) is 7.98. The van der Waals surface area contributed by atoms with Gasteiger partial charge in [-0.2, -0.15) is 0 Å². The average Bonchev–Trinajstić information content (AvgIpc) is 2.90. The normalized spacial score (nSPS) is 13.1. The molecule has 184 valence electrons. The van der Waals surface area contributed by atoms with Crippen LogP contribution >= 0.6 is 0 Å². The largest absolute Gasteiger partial charge is 0.493 e. The molecule has 0 bridgehead atoms. The summed E-state index contributed by atoms with van der Waals surface area (Å²) in [5.41, 5.74) is 3.63. The predicted molar refractivity (Wildman–Crippen MR) is 135 cm³/mol. The zero-order valence-electron chi connectivity index (χ0n) is 20.0. The van der Waals surface area contributed by atoms with Gasteiger partial charge in [0.15, 0.2) is 11.5 Å². The van der Waals surface area contributed by atoms with Gasteiger partial charge in [0, 0.05) is 19.5 Å². The van der Waals surface area contributed by atoms with Crippen molar-refractivity contribution in [1.82, 2.24) is 5.32 Å². The van der Waals surface area contributed by atoms with Crippen molar-refractivity contribution in [3.8, 4) is 11.5 Å². The molecule has 8 heteroatoms. The molecular weight excluding hydrogens is 464 g/mol. The topological polar surface area (TPSA) is 84.9 Å². The molecule has 1 N–H and O–H groups in total. The Morgan fingerprint density at radius 1 is 0.943 bits per heavy atom. The number of rotatable bonds is 9. The number of nitrogens with zero attached hydrogens (tertiary/aromatic N) is 1. The minimum absolute atomic E-state index is 0.0820. The van der Waals surface area contributed by atoms with Crippen molar-refractivity contribution >= 4 is 21.6 Å². The van der Waals surface area contributed by atoms with Gasteiger partial charge in [0.25, 0.3) is 10.0 Å². The van der Waals surface area contributed by atoms with E-state index in [0.717, 1.165) is 35.2 Å². The first-order valence-corrected chi connectivity index (χ1v) is 13.0. The Bertz CT molecular complexity index is 1290. The van der Waals surface area contributed by atoms with Gasteiger partial charge >= 0.3 is 0 Å². The Balaban J connectivity index is 1.34. The number of para-hydroxylation sites is 1. The lowest BCUT2D eigenvalue weighted by Crippen LogP contribution is -2.35. The van der Waals surface area contributed by atoms with E-state index in [1.54, 1.807) is 44.6 Å². The number of hydrogen-bond acceptors (Lipinski definition) is 5. The molecule has 3 aromatic rings. The first kappa shape index (κ1) is 24.6. The van der Waals surface area contributed by atoms with Gasteiger partial charge in [-0.3, -0.25) is 9.10 Å². The maximum absolute atomic E-state index is 13.3. The molecule has 0 saturated heterocycles. The van der Waals surface area contributed by atoms with Gasteiger partial charge in [0.05, 0.1) is 24.8 Å². The van der Waals surface area contributed by atoms with Crippen LogP contribution in [0.1, 0.15) is 29.5 Å². The van der Waals surface area contributed by atoms with Crippen molar-refractivity contribution in [3.05, 3.63) is 83.4 Å². The molecule has 0 saturated carbocycles. The smallest absolute Gasteiger partial charge is 0.264 e. The Morgan fingerprint density at radius 2 is 1.66 bits per heavy atom. The summed E-state index contributed by atoms with van der Waals surface area (Å²) in [5, 5.41) is 2.91. The molecule has 0 fully saturated rings. The van der Waals surface area contributed by atoms with E-state index in [1.807, 2.05) is 36.4 Å². The monoisotopic (exact) mass is 494 g/mol. The van der Waals surface area contributed by atoms with Gasteiger partial charge < -0.3 is 14.8 Å². The Kier molecular flexibility index (Phi) is 7.60. The maximum Gasteiger partial charge on any atom is 0.264 e. The Hall–Kier alpha value is -3.52. The molecule has 3 aromatic carbocycles. The highest BCUT2D eigenvalue weighted by Crippen LogP contribution is 2.32. The summed E-state index contributed by atoms with van der Waals surface area (Å²) in [4.78, 5) is 12.6. The number of methoxy groups -OCH3 is 2. The van der Waals surface area contributed by atoms with E-state index >= 15 is 0 Å². The molecule has 1 amide bonds. The van der Waals surface area contributed by atoms with E-state index in [0.29, 0.717) is 37.4 Å². The second kappa shape index (κ2) is 10.8. The summed E-state index contributed by atoms with van der Waals surface area (Å²) < 4.78 is 38.6. The minimum Gasteiger partial charge on any atom is -0.493 e. The van der Waals surface area contributed by atoms with Crippen molar-refractivity contribution < 1.29 is 22.7 Å². The van der Waals surface area contributed by atoms with Crippen LogP contribution in [0.15, 0.2) is 71.6 Å². The maximum atomic E-state index is 13.3. The number of fused-ring (bicyclic) bond motifs is 1. The van der Waals surface area contributed by atoms with Crippen molar-refractivity contribution in [3.63, 3.8) is 0 Å². The summed E-state index contributed by atoms with van der Waals surface area (Å²) in [6.45, 7) is 0.856. The lowest BCUT2D eigenvalue weighted by Gasteiger charge is -2.30. The Labute approximate surface area is 206 Å². The van der Waals surface area contributed by atoms with Crippen molar-refractivity contribution in [1.29, 1.82) is 0 Å². The number of ether oxygens (including phenoxy) is 2. The second-order valence-electron chi connectivity index (χ2n) is 8.42. The predicted octanol–water partition coefficient (Wildman–Crippen LogP) is 4.09. The highest BCUT2D eigenvalue weighted by Gasteiger charge is 2.28. The molecule has 35 heavy (non-hydrogen) atoms. The van der Waals surface area contributed by atoms with Crippen LogP contribution < -0.4 is 19.1 Å². The summed E-state index contributed by atoms with van der Waals surface area (Å²) in [6.07, 6.45) is 2.51. The highest BCUT2D eigenvalue weighted by atomic mass is 32.2. The van der Waals surface area contributed by atoms with Crippen LogP contribution in [0.25, 0.3) is 0 Å². The molecule has 0 unspecified atom stereocenters. The van der Waals surface area contributed by atoms with Crippen LogP contribution in [0, 0.1) is 0 Å². The summed E-state index contributed by atoms with van der Waals surface area (Å²) in [6, 6.07) is 20.0. The van der Waals surface area contributed by atoms with Crippen LogP contribution in [0.2, 0.25) is 0 Å². The molecule has 0 aliphatic carbocycles. The van der Waals surface area contributed by atoms with Gasteiger partial charge in [-0.1, -0.05) is 36.4 Å². The van der Waals surface area contributed by atoms with E-state index in [4.69, 9.17) is 9.47 Å². The molecule has 1 heterocycles. The van der Waals surface area contributed by atoms with Crippen LogP contribution in [-0.4, -0.2) is 35.1 Å². The van der Waals surface area contributed by atoms with E-state index in [2.05, 4.69) is 5.32 Å². The molecule has 1 aliphatic heterocycles. The van der Waals surface area contributed by atoms with Gasteiger partial charge in [0.2, 0.25) is 5.91 Å². The first-order valence-electron chi connectivity index (χ1n) is 11.6. The van der Waals surface area contributed by atoms with E-state index in [1.165, 1.54) is 4.31 Å². The number of carbonyl (C=O) groups is 1. The number of carbonyl (C=O) groups excluding carboxylic acids is 1. The molecular formula is C27H30N2O5S. The molecule has 1 aliphatic rings. The minimum atomic E-state index is -3.64. The molecule has 7 nitrogen and oxygen atoms in total. The Morgan fingerprint density at radius 3 is 2.40 bits per heavy atom. The van der Waals surface area contributed by atoms with Crippen LogP contribution in [0.5, 0.6) is 11.5 Å². The van der Waals surface area contributed by atoms with Gasteiger partial charge in [-0.05, 0) is 66.3 Å². The van der Waals surface area contributed by atoms with E-state index < -0.39 is 10.0 Å². The van der Waals surface area contributed by atoms with Crippen LogP contribution in [0.3, 0.4) is 0 Å². The fourth-order valence-electron chi connectivity index (χ4n) is 4.24. The van der Waals surface area contributed by atoms with Gasteiger partial charge in [-0.25, -0.2) is 8.42 Å². The van der Waals surface area contributed by atoms with E-state index in [-0.39, 0.29) is 10.8 Å². The van der Waals surface area contributed by atoms with Crippen LogP contribution in [-0.2, 0) is 34.2 Å². The molecule has 0 spiro atoms. The lowest BCUT2D eigenvalue weighted by atomic mass is 10.0. The molecule has 0 atom stereocenters. The average molecular weight is 495 g/mol. The number of anilines is 1. The second-order valence-corrected chi connectivity index (χ2v) is 10.3. The quantitative estimate of drug-likeness (QED) is 0.484. The third kappa shape index (κ3) is 5.59. The summed E-state index contributed by atoms with van der Waals surface area (Å²) in [5.74, 6) is 1.17. The fourth-order valence-corrected chi connectivity index (χ4v) is 5.78. The van der Waals surface area contributed by atoms with Gasteiger partial charge in [0.1, 0.15) is 0 Å². The SMILES string of the molecule is COc1ccc(CNC(=O)CCc2ccc(S(=O)(=O)N3CCCc4ccccc43)cc2)cc1OC.